The molecule has 1 aromatic heterocycles. The minimum atomic E-state index is -3.62. The Bertz CT molecular complexity index is 1080. The molecule has 2 aliphatic heterocycles. The maximum absolute atomic E-state index is 12.8. The van der Waals surface area contributed by atoms with Crippen molar-refractivity contribution in [1.29, 1.82) is 0 Å². The minimum Gasteiger partial charge on any atom is -0.310 e. The molecule has 0 saturated carbocycles. The number of nitrogens with one attached hydrogen (secondary N) is 2. The first kappa shape index (κ1) is 20.4. The molecule has 0 bridgehead atoms. The molecule has 1 amide bonds. The van der Waals surface area contributed by atoms with Crippen molar-refractivity contribution in [3.63, 3.8) is 0 Å². The first-order chi connectivity index (χ1) is 13.8. The van der Waals surface area contributed by atoms with E-state index in [0.717, 1.165) is 23.5 Å². The SMILES string of the molecule is CC1NCCc2cc(N3CC=C(NS(=O)(=O)CCc4ccc(Cl)s4)C3=O)ccc21. The molecular formula is C20H22ClN3O3S2. The molecule has 9 heteroatoms. The van der Waals surface area contributed by atoms with E-state index in [4.69, 9.17) is 11.6 Å². The number of halogens is 1. The van der Waals surface area contributed by atoms with Crippen molar-refractivity contribution in [2.75, 3.05) is 23.7 Å². The van der Waals surface area contributed by atoms with Crippen LogP contribution in [0.4, 0.5) is 5.69 Å². The summed E-state index contributed by atoms with van der Waals surface area (Å²) in [5.41, 5.74) is 3.38. The third kappa shape index (κ3) is 4.50. The van der Waals surface area contributed by atoms with Crippen molar-refractivity contribution in [2.45, 2.75) is 25.8 Å². The lowest BCUT2D eigenvalue weighted by Gasteiger charge is -2.26. The van der Waals surface area contributed by atoms with Gasteiger partial charge in [-0.25, -0.2) is 8.42 Å². The average molecular weight is 452 g/mol. The number of hydrogen-bond donors (Lipinski definition) is 2. The van der Waals surface area contributed by atoms with Gasteiger partial charge in [0, 0.05) is 23.2 Å². The van der Waals surface area contributed by atoms with E-state index in [2.05, 4.69) is 17.0 Å². The lowest BCUT2D eigenvalue weighted by molar-refractivity contribution is -0.114. The van der Waals surface area contributed by atoms with E-state index in [9.17, 15) is 13.2 Å². The number of nitrogens with zero attached hydrogens (tertiary/aromatic N) is 1. The number of anilines is 1. The van der Waals surface area contributed by atoms with Crippen LogP contribution in [-0.4, -0.2) is 33.2 Å². The van der Waals surface area contributed by atoms with E-state index in [-0.39, 0.29) is 17.4 Å². The molecule has 2 aromatic rings. The molecule has 0 fully saturated rings. The van der Waals surface area contributed by atoms with Crippen LogP contribution in [0.1, 0.15) is 29.0 Å². The predicted octanol–water partition coefficient (Wildman–Crippen LogP) is 3.00. The molecule has 0 aliphatic carbocycles. The van der Waals surface area contributed by atoms with Gasteiger partial charge in [-0.05, 0) is 67.8 Å². The van der Waals surface area contributed by atoms with Crippen LogP contribution in [0.5, 0.6) is 0 Å². The number of carbonyl (C=O) groups excluding carboxylic acids is 1. The Hall–Kier alpha value is -1.87. The van der Waals surface area contributed by atoms with Crippen LogP contribution in [0.2, 0.25) is 4.34 Å². The van der Waals surface area contributed by atoms with E-state index in [0.29, 0.717) is 23.3 Å². The second-order valence-electron chi connectivity index (χ2n) is 7.22. The second kappa shape index (κ2) is 8.10. The number of rotatable bonds is 6. The van der Waals surface area contributed by atoms with Crippen molar-refractivity contribution in [1.82, 2.24) is 10.0 Å². The van der Waals surface area contributed by atoms with E-state index in [1.165, 1.54) is 22.5 Å². The largest absolute Gasteiger partial charge is 0.310 e. The smallest absolute Gasteiger partial charge is 0.275 e. The maximum atomic E-state index is 12.8. The first-order valence-corrected chi connectivity index (χ1v) is 12.3. The Balaban J connectivity index is 1.42. The summed E-state index contributed by atoms with van der Waals surface area (Å²) in [5.74, 6) is -0.423. The molecule has 2 N–H and O–H groups in total. The molecule has 1 unspecified atom stereocenters. The normalized spacial score (nSPS) is 19.2. The zero-order chi connectivity index (χ0) is 20.6. The molecule has 4 rings (SSSR count). The van der Waals surface area contributed by atoms with Crippen molar-refractivity contribution in [3.8, 4) is 0 Å². The van der Waals surface area contributed by atoms with Gasteiger partial charge in [-0.15, -0.1) is 11.3 Å². The molecule has 1 aromatic carbocycles. The van der Waals surface area contributed by atoms with Gasteiger partial charge >= 0.3 is 0 Å². The number of thiophene rings is 1. The number of carbonyl (C=O) groups is 1. The van der Waals surface area contributed by atoms with Gasteiger partial charge in [0.15, 0.2) is 0 Å². The fraction of sp³-hybridized carbons (Fsp3) is 0.350. The molecule has 6 nitrogen and oxygen atoms in total. The highest BCUT2D eigenvalue weighted by atomic mass is 35.5. The topological polar surface area (TPSA) is 78.5 Å². The van der Waals surface area contributed by atoms with Crippen LogP contribution in [-0.2, 0) is 27.7 Å². The van der Waals surface area contributed by atoms with Crippen LogP contribution in [0, 0.1) is 0 Å². The number of sulfonamides is 1. The molecule has 3 heterocycles. The highest BCUT2D eigenvalue weighted by molar-refractivity contribution is 7.89. The van der Waals surface area contributed by atoms with E-state index < -0.39 is 10.0 Å². The van der Waals surface area contributed by atoms with Crippen molar-refractivity contribution >= 4 is 44.6 Å². The molecule has 154 valence electrons. The van der Waals surface area contributed by atoms with Gasteiger partial charge in [-0.1, -0.05) is 17.7 Å². The fourth-order valence-electron chi connectivity index (χ4n) is 3.68. The Morgan fingerprint density at radius 3 is 2.90 bits per heavy atom. The minimum absolute atomic E-state index is 0.0990. The van der Waals surface area contributed by atoms with Crippen LogP contribution >= 0.6 is 22.9 Å². The summed E-state index contributed by atoms with van der Waals surface area (Å²) in [7, 11) is -3.62. The molecule has 29 heavy (non-hydrogen) atoms. The van der Waals surface area contributed by atoms with Crippen molar-refractivity contribution in [3.05, 3.63) is 62.4 Å². The Morgan fingerprint density at radius 2 is 2.14 bits per heavy atom. The Kier molecular flexibility index (Phi) is 5.70. The monoisotopic (exact) mass is 451 g/mol. The van der Waals surface area contributed by atoms with Gasteiger partial charge in [0.25, 0.3) is 5.91 Å². The lowest BCUT2D eigenvalue weighted by atomic mass is 9.94. The second-order valence-corrected chi connectivity index (χ2v) is 10.9. The summed E-state index contributed by atoms with van der Waals surface area (Å²) >= 11 is 7.24. The summed E-state index contributed by atoms with van der Waals surface area (Å²) < 4.78 is 27.9. The molecule has 2 aliphatic rings. The van der Waals surface area contributed by atoms with Gasteiger partial charge in [0.05, 0.1) is 10.1 Å². The molecule has 0 saturated heterocycles. The molecule has 0 radical (unpaired) electrons. The number of amides is 1. The fourth-order valence-corrected chi connectivity index (χ4v) is 5.99. The van der Waals surface area contributed by atoms with E-state index >= 15 is 0 Å². The van der Waals surface area contributed by atoms with Gasteiger partial charge in [-0.2, -0.15) is 0 Å². The highest BCUT2D eigenvalue weighted by Gasteiger charge is 2.29. The van der Waals surface area contributed by atoms with Crippen molar-refractivity contribution in [2.24, 2.45) is 0 Å². The first-order valence-electron chi connectivity index (χ1n) is 9.45. The number of benzene rings is 1. The third-order valence-corrected chi connectivity index (χ3v) is 7.78. The van der Waals surface area contributed by atoms with Gasteiger partial charge in [0.1, 0.15) is 5.70 Å². The van der Waals surface area contributed by atoms with Crippen LogP contribution < -0.4 is 14.9 Å². The zero-order valence-electron chi connectivity index (χ0n) is 15.9. The molecular weight excluding hydrogens is 430 g/mol. The highest BCUT2D eigenvalue weighted by Crippen LogP contribution is 2.29. The Labute approximate surface area is 179 Å². The van der Waals surface area contributed by atoms with Gasteiger partial charge in [0.2, 0.25) is 10.0 Å². The zero-order valence-corrected chi connectivity index (χ0v) is 18.3. The summed E-state index contributed by atoms with van der Waals surface area (Å²) in [6.07, 6.45) is 2.90. The summed E-state index contributed by atoms with van der Waals surface area (Å²) in [4.78, 5) is 15.3. The Morgan fingerprint density at radius 1 is 1.31 bits per heavy atom. The van der Waals surface area contributed by atoms with E-state index in [1.54, 1.807) is 17.0 Å². The number of aryl methyl sites for hydroxylation is 1. The summed E-state index contributed by atoms with van der Waals surface area (Å²) in [6, 6.07) is 9.86. The average Bonchev–Trinajstić information content (AvgIpc) is 3.26. The number of hydrogen-bond acceptors (Lipinski definition) is 5. The standard InChI is InChI=1S/C20H22ClN3O3S2/c1-13-17-4-2-15(12-14(17)6-9-22-13)24-10-7-18(20(24)25)23-29(26,27)11-8-16-3-5-19(21)28-16/h2-5,7,12-13,22-23H,6,8-11H2,1H3. The lowest BCUT2D eigenvalue weighted by Crippen LogP contribution is -2.35. The predicted molar refractivity (Wildman–Crippen MR) is 117 cm³/mol. The quantitative estimate of drug-likeness (QED) is 0.707. The third-order valence-electron chi connectivity index (χ3n) is 5.21. The van der Waals surface area contributed by atoms with Gasteiger partial charge < -0.3 is 10.2 Å². The maximum Gasteiger partial charge on any atom is 0.275 e. The van der Waals surface area contributed by atoms with Crippen molar-refractivity contribution < 1.29 is 13.2 Å². The van der Waals surface area contributed by atoms with Crippen LogP contribution in [0.25, 0.3) is 0 Å². The van der Waals surface area contributed by atoms with E-state index in [1.807, 2.05) is 24.3 Å². The number of fused-ring (bicyclic) bond motifs is 1. The molecule has 0 spiro atoms. The van der Waals surface area contributed by atoms with Gasteiger partial charge in [-0.3, -0.25) is 9.52 Å². The molecule has 1 atom stereocenters. The van der Waals surface area contributed by atoms with Crippen LogP contribution in [0.15, 0.2) is 42.1 Å². The van der Waals surface area contributed by atoms with Crippen LogP contribution in [0.3, 0.4) is 0 Å². The summed E-state index contributed by atoms with van der Waals surface area (Å²) in [6.45, 7) is 3.38. The summed E-state index contributed by atoms with van der Waals surface area (Å²) in [5, 5.41) is 3.42.